The van der Waals surface area contributed by atoms with E-state index in [1.54, 1.807) is 0 Å². The van der Waals surface area contributed by atoms with Crippen molar-refractivity contribution in [3.05, 3.63) is 35.5 Å². The molecule has 1 aromatic carbocycles. The summed E-state index contributed by atoms with van der Waals surface area (Å²) in [7, 11) is 0. The van der Waals surface area contributed by atoms with E-state index in [0.717, 1.165) is 42.3 Å². The molecule has 2 heterocycles. The van der Waals surface area contributed by atoms with E-state index in [9.17, 15) is 18.7 Å². The molecule has 1 atom stereocenters. The van der Waals surface area contributed by atoms with Gasteiger partial charge in [0.05, 0.1) is 11.7 Å². The van der Waals surface area contributed by atoms with Gasteiger partial charge in [0.15, 0.2) is 0 Å². The van der Waals surface area contributed by atoms with Crippen LogP contribution in [0.15, 0.2) is 24.3 Å². The Morgan fingerprint density at radius 1 is 1.17 bits per heavy atom. The number of carboxylic acids is 1. The summed E-state index contributed by atoms with van der Waals surface area (Å²) >= 11 is 0. The molecule has 2 aliphatic rings. The highest BCUT2D eigenvalue weighted by atomic mass is 19.3. The van der Waals surface area contributed by atoms with Gasteiger partial charge in [0, 0.05) is 41.8 Å². The zero-order chi connectivity index (χ0) is 20.7. The molecule has 29 heavy (non-hydrogen) atoms. The molecule has 1 saturated heterocycles. The minimum Gasteiger partial charge on any atom is -0.478 e. The monoisotopic (exact) mass is 406 g/mol. The Hall–Kier alpha value is -1.99. The fourth-order valence-electron chi connectivity index (χ4n) is 5.35. The molecule has 2 fully saturated rings. The van der Waals surface area contributed by atoms with Gasteiger partial charge in [0.1, 0.15) is 0 Å². The number of halogens is 2. The average Bonchev–Trinajstić information content (AvgIpc) is 2.95. The molecule has 1 aliphatic carbocycles. The number of hydrogen-bond donors (Lipinski definition) is 1. The van der Waals surface area contributed by atoms with Crippen molar-refractivity contribution in [2.75, 3.05) is 13.1 Å². The summed E-state index contributed by atoms with van der Waals surface area (Å²) in [4.78, 5) is 14.1. The number of hydrogen-bond acceptors (Lipinski definition) is 3. The maximum Gasteiger partial charge on any atom is 0.345 e. The molecule has 0 bridgehead atoms. The number of ether oxygens (including phenoxy) is 1. The van der Waals surface area contributed by atoms with Gasteiger partial charge >= 0.3 is 12.6 Å². The highest BCUT2D eigenvalue weighted by Crippen LogP contribution is 2.39. The van der Waals surface area contributed by atoms with Crippen molar-refractivity contribution in [3.8, 4) is 0 Å². The number of aromatic carboxylic acids is 1. The Morgan fingerprint density at radius 2 is 1.83 bits per heavy atom. The lowest BCUT2D eigenvalue weighted by molar-refractivity contribution is -0.202. The molecular formula is C22H28F2N2O3. The van der Waals surface area contributed by atoms with Gasteiger partial charge in [-0.05, 0) is 51.5 Å². The van der Waals surface area contributed by atoms with E-state index >= 15 is 0 Å². The van der Waals surface area contributed by atoms with E-state index in [0.29, 0.717) is 30.6 Å². The normalized spacial score (nSPS) is 24.7. The van der Waals surface area contributed by atoms with Crippen LogP contribution in [0.25, 0.3) is 10.9 Å². The summed E-state index contributed by atoms with van der Waals surface area (Å²) in [5, 5.41) is 10.5. The van der Waals surface area contributed by atoms with Crippen LogP contribution in [-0.2, 0) is 4.74 Å². The van der Waals surface area contributed by atoms with Gasteiger partial charge in [-0.3, -0.25) is 4.90 Å². The van der Waals surface area contributed by atoms with E-state index < -0.39 is 12.6 Å². The number of aromatic nitrogens is 1. The molecule has 1 aromatic heterocycles. The standard InChI is InChI=1S/C22H28F2N2O3/c1-13(26-14(2)20(21(27)28)18-5-3-4-6-19(18)26)15-7-9-16(10-8-15)25-11-17(12-25)29-22(23)24/h3-6,13,15-17,22H,7-12H2,1-2H3,(H,27,28). The van der Waals surface area contributed by atoms with Crippen LogP contribution in [-0.4, -0.2) is 52.4 Å². The smallest absolute Gasteiger partial charge is 0.345 e. The quantitative estimate of drug-likeness (QED) is 0.756. The van der Waals surface area contributed by atoms with Gasteiger partial charge in [-0.1, -0.05) is 18.2 Å². The van der Waals surface area contributed by atoms with Crippen LogP contribution < -0.4 is 0 Å². The summed E-state index contributed by atoms with van der Waals surface area (Å²) in [6.07, 6.45) is 3.85. The zero-order valence-electron chi connectivity index (χ0n) is 16.9. The van der Waals surface area contributed by atoms with Crippen LogP contribution in [0.4, 0.5) is 8.78 Å². The molecule has 1 unspecified atom stereocenters. The van der Waals surface area contributed by atoms with Gasteiger partial charge in [-0.15, -0.1) is 0 Å². The van der Waals surface area contributed by atoms with Gasteiger partial charge in [-0.25, -0.2) is 4.79 Å². The van der Waals surface area contributed by atoms with Crippen LogP contribution in [0.3, 0.4) is 0 Å². The lowest BCUT2D eigenvalue weighted by atomic mass is 9.80. The zero-order valence-corrected chi connectivity index (χ0v) is 16.9. The first-order chi connectivity index (χ1) is 13.9. The molecule has 4 rings (SSSR count). The SMILES string of the molecule is Cc1c(C(=O)O)c2ccccc2n1C(C)C1CCC(N2CC(OC(F)F)C2)CC1. The number of carboxylic acid groups (broad SMARTS) is 1. The number of rotatable bonds is 6. The predicted molar refractivity (Wildman–Crippen MR) is 107 cm³/mol. The van der Waals surface area contributed by atoms with Crippen LogP contribution in [0.5, 0.6) is 0 Å². The van der Waals surface area contributed by atoms with Gasteiger partial charge in [-0.2, -0.15) is 8.78 Å². The average molecular weight is 406 g/mol. The van der Waals surface area contributed by atoms with Crippen molar-refractivity contribution in [2.24, 2.45) is 5.92 Å². The first kappa shape index (κ1) is 20.3. The predicted octanol–water partition coefficient (Wildman–Crippen LogP) is 4.69. The van der Waals surface area contributed by atoms with Gasteiger partial charge in [0.2, 0.25) is 0 Å². The minimum absolute atomic E-state index is 0.209. The summed E-state index contributed by atoms with van der Waals surface area (Å²) in [6, 6.07) is 8.36. The summed E-state index contributed by atoms with van der Waals surface area (Å²) in [5.41, 5.74) is 2.18. The largest absolute Gasteiger partial charge is 0.478 e. The topological polar surface area (TPSA) is 54.7 Å². The Balaban J connectivity index is 1.44. The fourth-order valence-corrected chi connectivity index (χ4v) is 5.35. The third kappa shape index (κ3) is 3.78. The van der Waals surface area contributed by atoms with Crippen LogP contribution in [0.2, 0.25) is 0 Å². The molecule has 2 aromatic rings. The van der Waals surface area contributed by atoms with E-state index in [1.807, 2.05) is 31.2 Å². The summed E-state index contributed by atoms with van der Waals surface area (Å²) in [6.45, 7) is 2.59. The highest BCUT2D eigenvalue weighted by molar-refractivity contribution is 6.05. The third-order valence-electron chi connectivity index (χ3n) is 6.89. The number of likely N-dealkylation sites (tertiary alicyclic amines) is 1. The number of benzene rings is 1. The van der Waals surface area contributed by atoms with Crippen molar-refractivity contribution >= 4 is 16.9 Å². The fraction of sp³-hybridized carbons (Fsp3) is 0.591. The first-order valence-corrected chi connectivity index (χ1v) is 10.4. The van der Waals surface area contributed by atoms with Crippen LogP contribution in [0, 0.1) is 12.8 Å². The number of para-hydroxylation sites is 1. The van der Waals surface area contributed by atoms with Crippen molar-refractivity contribution in [1.29, 1.82) is 0 Å². The molecule has 1 N–H and O–H groups in total. The lowest BCUT2D eigenvalue weighted by Crippen LogP contribution is -2.57. The first-order valence-electron chi connectivity index (χ1n) is 10.4. The maximum atomic E-state index is 12.3. The Bertz CT molecular complexity index is 884. The van der Waals surface area contributed by atoms with Crippen molar-refractivity contribution in [2.45, 2.75) is 64.3 Å². The molecular weight excluding hydrogens is 378 g/mol. The summed E-state index contributed by atoms with van der Waals surface area (Å²) in [5.74, 6) is -0.413. The minimum atomic E-state index is -2.69. The highest BCUT2D eigenvalue weighted by Gasteiger charge is 2.37. The molecule has 1 aliphatic heterocycles. The number of nitrogens with zero attached hydrogens (tertiary/aromatic N) is 2. The third-order valence-corrected chi connectivity index (χ3v) is 6.89. The molecule has 0 radical (unpaired) electrons. The van der Waals surface area contributed by atoms with Crippen LogP contribution in [0.1, 0.15) is 54.7 Å². The molecule has 158 valence electrons. The molecule has 0 spiro atoms. The second-order valence-corrected chi connectivity index (χ2v) is 8.43. The maximum absolute atomic E-state index is 12.3. The Kier molecular flexibility index (Phi) is 5.62. The van der Waals surface area contributed by atoms with Gasteiger partial charge in [0.25, 0.3) is 0 Å². The summed E-state index contributed by atoms with van der Waals surface area (Å²) < 4.78 is 31.4. The molecule has 0 amide bonds. The number of alkyl halides is 2. The molecule has 7 heteroatoms. The van der Waals surface area contributed by atoms with E-state index in [1.165, 1.54) is 0 Å². The van der Waals surface area contributed by atoms with Crippen LogP contribution >= 0.6 is 0 Å². The van der Waals surface area contributed by atoms with Gasteiger partial charge < -0.3 is 14.4 Å². The Morgan fingerprint density at radius 3 is 2.45 bits per heavy atom. The lowest BCUT2D eigenvalue weighted by Gasteiger charge is -2.46. The number of carbonyl (C=O) groups is 1. The van der Waals surface area contributed by atoms with Crippen molar-refractivity contribution in [3.63, 3.8) is 0 Å². The molecule has 1 saturated carbocycles. The molecule has 5 nitrogen and oxygen atoms in total. The Labute approximate surface area is 169 Å². The van der Waals surface area contributed by atoms with E-state index in [2.05, 4.69) is 21.1 Å². The second-order valence-electron chi connectivity index (χ2n) is 8.43. The van der Waals surface area contributed by atoms with Crippen molar-refractivity contribution < 1.29 is 23.4 Å². The van der Waals surface area contributed by atoms with E-state index in [-0.39, 0.29) is 12.1 Å². The van der Waals surface area contributed by atoms with Crippen molar-refractivity contribution in [1.82, 2.24) is 9.47 Å². The second kappa shape index (κ2) is 8.03. The van der Waals surface area contributed by atoms with E-state index in [4.69, 9.17) is 0 Å². The number of fused-ring (bicyclic) bond motifs is 1.